The van der Waals surface area contributed by atoms with Crippen molar-refractivity contribution < 1.29 is 14.3 Å². The highest BCUT2D eigenvalue weighted by Gasteiger charge is 2.26. The van der Waals surface area contributed by atoms with E-state index in [1.54, 1.807) is 68.6 Å². The summed E-state index contributed by atoms with van der Waals surface area (Å²) in [4.78, 5) is 32.5. The van der Waals surface area contributed by atoms with E-state index in [0.29, 0.717) is 46.2 Å². The van der Waals surface area contributed by atoms with Crippen LogP contribution in [-0.2, 0) is 11.8 Å². The topological polar surface area (TPSA) is 73.7 Å². The van der Waals surface area contributed by atoms with Gasteiger partial charge in [-0.15, -0.1) is 0 Å². The second-order valence-electron chi connectivity index (χ2n) is 6.89. The molecule has 0 bridgehead atoms. The molecule has 30 heavy (non-hydrogen) atoms. The molecular weight excluding hydrogens is 406 g/mol. The highest BCUT2D eigenvalue weighted by molar-refractivity contribution is 6.31. The minimum absolute atomic E-state index is 0.205. The summed E-state index contributed by atoms with van der Waals surface area (Å²) >= 11 is 6.03. The van der Waals surface area contributed by atoms with Crippen molar-refractivity contribution in [1.82, 2.24) is 14.5 Å². The fourth-order valence-corrected chi connectivity index (χ4v) is 3.53. The number of amides is 1. The second kappa shape index (κ2) is 9.28. The molecule has 1 aromatic heterocycles. The molecule has 0 radical (unpaired) electrons. The number of rotatable bonds is 7. The maximum atomic E-state index is 13.3. The Labute approximate surface area is 179 Å². The number of hydrogen-bond donors (Lipinski definition) is 0. The predicted octanol–water partition coefficient (Wildman–Crippen LogP) is 3.45. The van der Waals surface area contributed by atoms with E-state index in [2.05, 4.69) is 4.98 Å². The molecular formula is C22H24ClN3O4. The third-order valence-electron chi connectivity index (χ3n) is 5.03. The molecule has 2 aromatic carbocycles. The molecule has 0 N–H and O–H groups in total. The van der Waals surface area contributed by atoms with Gasteiger partial charge in [0, 0.05) is 31.3 Å². The van der Waals surface area contributed by atoms with Crippen molar-refractivity contribution in [2.75, 3.05) is 27.4 Å². The standard InChI is InChI=1S/C22H24ClN3O4/c1-14(20-24-19-9-8-16(23)13-18(19)22(28)25(20)2)26(10-11-29-3)21(27)15-6-5-7-17(12-15)30-4/h5-9,12-14H,10-11H2,1-4H3. The number of halogens is 1. The number of methoxy groups -OCH3 is 2. The number of aromatic nitrogens is 2. The van der Waals surface area contributed by atoms with Gasteiger partial charge in [0.25, 0.3) is 11.5 Å². The minimum Gasteiger partial charge on any atom is -0.497 e. The molecule has 0 spiro atoms. The summed E-state index contributed by atoms with van der Waals surface area (Å²) < 4.78 is 11.9. The first-order valence-corrected chi connectivity index (χ1v) is 9.85. The van der Waals surface area contributed by atoms with Gasteiger partial charge in [-0.3, -0.25) is 14.2 Å². The summed E-state index contributed by atoms with van der Waals surface area (Å²) in [6, 6.07) is 11.5. The highest BCUT2D eigenvalue weighted by atomic mass is 35.5. The van der Waals surface area contributed by atoms with Crippen LogP contribution in [0.15, 0.2) is 47.3 Å². The molecule has 0 aliphatic carbocycles. The van der Waals surface area contributed by atoms with Crippen molar-refractivity contribution in [2.45, 2.75) is 13.0 Å². The molecule has 1 heterocycles. The summed E-state index contributed by atoms with van der Waals surface area (Å²) in [7, 11) is 4.77. The van der Waals surface area contributed by atoms with Crippen molar-refractivity contribution in [3.63, 3.8) is 0 Å². The Bertz CT molecular complexity index is 1130. The third-order valence-corrected chi connectivity index (χ3v) is 5.26. The molecule has 8 heteroatoms. The van der Waals surface area contributed by atoms with Gasteiger partial charge in [-0.1, -0.05) is 17.7 Å². The molecule has 3 aromatic rings. The second-order valence-corrected chi connectivity index (χ2v) is 7.33. The summed E-state index contributed by atoms with van der Waals surface area (Å²) in [6.45, 7) is 2.52. The number of carbonyl (C=O) groups excluding carboxylic acids is 1. The van der Waals surface area contributed by atoms with Crippen LogP contribution in [0.5, 0.6) is 5.75 Å². The Morgan fingerprint density at radius 2 is 2.00 bits per heavy atom. The van der Waals surface area contributed by atoms with Crippen LogP contribution in [0.25, 0.3) is 10.9 Å². The summed E-state index contributed by atoms with van der Waals surface area (Å²) in [5, 5.41) is 0.903. The average molecular weight is 430 g/mol. The lowest BCUT2D eigenvalue weighted by atomic mass is 10.1. The number of fused-ring (bicyclic) bond motifs is 1. The Morgan fingerprint density at radius 3 is 2.70 bits per heavy atom. The van der Waals surface area contributed by atoms with E-state index in [4.69, 9.17) is 21.1 Å². The van der Waals surface area contributed by atoms with Crippen LogP contribution in [0.1, 0.15) is 29.1 Å². The van der Waals surface area contributed by atoms with Crippen molar-refractivity contribution >= 4 is 28.4 Å². The molecule has 0 saturated carbocycles. The zero-order valence-electron chi connectivity index (χ0n) is 17.4. The van der Waals surface area contributed by atoms with Gasteiger partial charge in [0.05, 0.1) is 30.7 Å². The monoisotopic (exact) mass is 429 g/mol. The Balaban J connectivity index is 2.06. The first-order valence-electron chi connectivity index (χ1n) is 9.47. The zero-order valence-corrected chi connectivity index (χ0v) is 18.1. The zero-order chi connectivity index (χ0) is 21.8. The van der Waals surface area contributed by atoms with E-state index >= 15 is 0 Å². The highest BCUT2D eigenvalue weighted by Crippen LogP contribution is 2.24. The Hall–Kier alpha value is -2.90. The largest absolute Gasteiger partial charge is 0.497 e. The van der Waals surface area contributed by atoms with E-state index in [1.165, 1.54) is 4.57 Å². The molecule has 158 valence electrons. The van der Waals surface area contributed by atoms with Gasteiger partial charge in [0.2, 0.25) is 0 Å². The molecule has 0 fully saturated rings. The quantitative estimate of drug-likeness (QED) is 0.575. The number of hydrogen-bond acceptors (Lipinski definition) is 5. The fourth-order valence-electron chi connectivity index (χ4n) is 3.36. The van der Waals surface area contributed by atoms with E-state index < -0.39 is 6.04 Å². The summed E-state index contributed by atoms with van der Waals surface area (Å²) in [5.74, 6) is 0.861. The molecule has 0 aliphatic heterocycles. The van der Waals surface area contributed by atoms with Crippen molar-refractivity contribution in [2.24, 2.45) is 7.05 Å². The van der Waals surface area contributed by atoms with Gasteiger partial charge < -0.3 is 14.4 Å². The average Bonchev–Trinajstić information content (AvgIpc) is 2.76. The fraction of sp³-hybridized carbons (Fsp3) is 0.318. The van der Waals surface area contributed by atoms with Gasteiger partial charge in [0.1, 0.15) is 11.6 Å². The predicted molar refractivity (Wildman–Crippen MR) is 116 cm³/mol. The molecule has 7 nitrogen and oxygen atoms in total. The normalized spacial score (nSPS) is 12.0. The first-order chi connectivity index (χ1) is 14.4. The molecule has 0 aliphatic rings. The van der Waals surface area contributed by atoms with Gasteiger partial charge >= 0.3 is 0 Å². The Kier molecular flexibility index (Phi) is 6.74. The van der Waals surface area contributed by atoms with E-state index in [0.717, 1.165) is 0 Å². The lowest BCUT2D eigenvalue weighted by Crippen LogP contribution is -2.39. The first kappa shape index (κ1) is 21.8. The third kappa shape index (κ3) is 4.32. The maximum absolute atomic E-state index is 13.3. The maximum Gasteiger partial charge on any atom is 0.261 e. The molecule has 1 atom stereocenters. The molecule has 1 amide bonds. The van der Waals surface area contributed by atoms with Crippen molar-refractivity contribution in [3.8, 4) is 5.75 Å². The van der Waals surface area contributed by atoms with E-state index in [1.807, 2.05) is 6.92 Å². The smallest absolute Gasteiger partial charge is 0.261 e. The number of ether oxygens (including phenoxy) is 2. The minimum atomic E-state index is -0.475. The van der Waals surface area contributed by atoms with E-state index in [9.17, 15) is 9.59 Å². The molecule has 3 rings (SSSR count). The van der Waals surface area contributed by atoms with Gasteiger partial charge in [-0.2, -0.15) is 0 Å². The van der Waals surface area contributed by atoms with Crippen LogP contribution >= 0.6 is 11.6 Å². The molecule has 1 unspecified atom stereocenters. The summed E-state index contributed by atoms with van der Waals surface area (Å²) in [5.41, 5.74) is 0.796. The Morgan fingerprint density at radius 1 is 1.23 bits per heavy atom. The van der Waals surface area contributed by atoms with Crippen molar-refractivity contribution in [3.05, 3.63) is 69.2 Å². The van der Waals surface area contributed by atoms with Crippen LogP contribution in [0.3, 0.4) is 0 Å². The van der Waals surface area contributed by atoms with Gasteiger partial charge in [-0.25, -0.2) is 4.98 Å². The number of benzene rings is 2. The number of nitrogens with zero attached hydrogens (tertiary/aromatic N) is 3. The van der Waals surface area contributed by atoms with Crippen LogP contribution in [-0.4, -0.2) is 47.7 Å². The van der Waals surface area contributed by atoms with E-state index in [-0.39, 0.29) is 11.5 Å². The van der Waals surface area contributed by atoms with Crippen molar-refractivity contribution in [1.29, 1.82) is 0 Å². The van der Waals surface area contributed by atoms with Crippen LogP contribution in [0.2, 0.25) is 5.02 Å². The summed E-state index contributed by atoms with van der Waals surface area (Å²) in [6.07, 6.45) is 0. The number of carbonyl (C=O) groups is 1. The van der Waals surface area contributed by atoms with Crippen LogP contribution in [0.4, 0.5) is 0 Å². The van der Waals surface area contributed by atoms with Gasteiger partial charge in [-0.05, 0) is 43.3 Å². The lowest BCUT2D eigenvalue weighted by molar-refractivity contribution is 0.0603. The molecule has 0 saturated heterocycles. The SMILES string of the molecule is COCCN(C(=O)c1cccc(OC)c1)C(C)c1nc2ccc(Cl)cc2c(=O)n1C. The van der Waals surface area contributed by atoms with Crippen LogP contribution < -0.4 is 10.3 Å². The lowest BCUT2D eigenvalue weighted by Gasteiger charge is -2.30. The van der Waals surface area contributed by atoms with Crippen LogP contribution in [0, 0.1) is 0 Å². The van der Waals surface area contributed by atoms with Gasteiger partial charge in [0.15, 0.2) is 0 Å².